The van der Waals surface area contributed by atoms with Crippen LogP contribution in [0, 0.1) is 0 Å². The smallest absolute Gasteiger partial charge is 0.244 e. The minimum Gasteiger partial charge on any atom is -0.495 e. The number of ether oxygens (including phenoxy) is 1. The first-order valence-electron chi connectivity index (χ1n) is 11.7. The lowest BCUT2D eigenvalue weighted by Crippen LogP contribution is -2.52. The zero-order valence-electron chi connectivity index (χ0n) is 21.3. The van der Waals surface area contributed by atoms with E-state index in [0.717, 1.165) is 23.4 Å². The quantitative estimate of drug-likeness (QED) is 0.325. The van der Waals surface area contributed by atoms with E-state index in [1.54, 1.807) is 25.1 Å². The molecule has 0 bridgehead atoms. The highest BCUT2D eigenvalue weighted by atomic mass is 35.5. The first-order chi connectivity index (χ1) is 17.4. The molecular weight excluding hydrogens is 561 g/mol. The van der Waals surface area contributed by atoms with E-state index in [4.69, 9.17) is 39.5 Å². The van der Waals surface area contributed by atoms with Gasteiger partial charge < -0.3 is 15.0 Å². The molecule has 37 heavy (non-hydrogen) atoms. The Labute approximate surface area is 233 Å². The zero-order valence-corrected chi connectivity index (χ0v) is 24.3. The van der Waals surface area contributed by atoms with Crippen LogP contribution >= 0.6 is 34.8 Å². The Kier molecular flexibility index (Phi) is 11.8. The van der Waals surface area contributed by atoms with Gasteiger partial charge in [0.15, 0.2) is 0 Å². The maximum absolute atomic E-state index is 13.7. The maximum atomic E-state index is 13.7. The number of hydrogen-bond acceptors (Lipinski definition) is 5. The number of anilines is 1. The largest absolute Gasteiger partial charge is 0.495 e. The molecule has 8 nitrogen and oxygen atoms in total. The number of amides is 2. The number of carbonyl (C=O) groups is 2. The van der Waals surface area contributed by atoms with Gasteiger partial charge >= 0.3 is 0 Å². The van der Waals surface area contributed by atoms with Crippen LogP contribution in [0.15, 0.2) is 36.4 Å². The van der Waals surface area contributed by atoms with Crippen molar-refractivity contribution in [3.8, 4) is 5.75 Å². The van der Waals surface area contributed by atoms with Gasteiger partial charge in [-0.1, -0.05) is 61.1 Å². The van der Waals surface area contributed by atoms with Crippen molar-refractivity contribution < 1.29 is 22.7 Å². The second-order valence-electron chi connectivity index (χ2n) is 8.43. The van der Waals surface area contributed by atoms with Crippen LogP contribution in [0.5, 0.6) is 5.75 Å². The molecular formula is C25H32Cl3N3O5S. The molecule has 0 heterocycles. The topological polar surface area (TPSA) is 96.0 Å². The summed E-state index contributed by atoms with van der Waals surface area (Å²) in [6.07, 6.45) is 3.01. The number of methoxy groups -OCH3 is 1. The first kappa shape index (κ1) is 31.0. The average Bonchev–Trinajstić information content (AvgIpc) is 2.83. The molecule has 0 aliphatic carbocycles. The number of sulfonamides is 1. The van der Waals surface area contributed by atoms with Crippen LogP contribution in [0.1, 0.15) is 38.7 Å². The normalized spacial score (nSPS) is 12.1. The fourth-order valence-corrected chi connectivity index (χ4v) is 5.10. The molecule has 2 aromatic carbocycles. The standard InChI is InChI=1S/C25H32Cl3N3O5S/c1-5-7-12-29-25(33)22(6-2)30(15-17-8-10-19(26)20(27)13-17)24(32)16-31(37(4,34)35)18-9-11-23(36-3)21(28)14-18/h8-11,13-14,22H,5-7,12,15-16H2,1-4H3,(H,29,33). The van der Waals surface area contributed by atoms with Gasteiger partial charge in [-0.15, -0.1) is 0 Å². The Hall–Kier alpha value is -2.20. The third kappa shape index (κ3) is 8.67. The second kappa shape index (κ2) is 14.1. The van der Waals surface area contributed by atoms with E-state index >= 15 is 0 Å². The maximum Gasteiger partial charge on any atom is 0.244 e. The molecule has 2 aromatic rings. The van der Waals surface area contributed by atoms with Gasteiger partial charge in [0.1, 0.15) is 18.3 Å². The molecule has 0 saturated carbocycles. The Balaban J connectivity index is 2.45. The monoisotopic (exact) mass is 591 g/mol. The molecule has 0 spiro atoms. The number of hydrogen-bond donors (Lipinski definition) is 1. The van der Waals surface area contributed by atoms with E-state index in [-0.39, 0.29) is 23.2 Å². The Morgan fingerprint density at radius 1 is 1.03 bits per heavy atom. The number of benzene rings is 2. The molecule has 2 rings (SSSR count). The molecule has 1 unspecified atom stereocenters. The number of carbonyl (C=O) groups excluding carboxylic acids is 2. The summed E-state index contributed by atoms with van der Waals surface area (Å²) in [4.78, 5) is 28.1. The third-order valence-electron chi connectivity index (χ3n) is 5.65. The fraction of sp³-hybridized carbons (Fsp3) is 0.440. The average molecular weight is 593 g/mol. The van der Waals surface area contributed by atoms with Crippen molar-refractivity contribution in [2.24, 2.45) is 0 Å². The van der Waals surface area contributed by atoms with Gasteiger partial charge in [0, 0.05) is 13.1 Å². The van der Waals surface area contributed by atoms with E-state index < -0.39 is 28.5 Å². The van der Waals surface area contributed by atoms with Gasteiger partial charge in [-0.3, -0.25) is 13.9 Å². The number of halogens is 3. The molecule has 0 radical (unpaired) electrons. The summed E-state index contributed by atoms with van der Waals surface area (Å²) < 4.78 is 31.5. The number of nitrogens with one attached hydrogen (secondary N) is 1. The SMILES string of the molecule is CCCCNC(=O)C(CC)N(Cc1ccc(Cl)c(Cl)c1)C(=O)CN(c1ccc(OC)c(Cl)c1)S(C)(=O)=O. The van der Waals surface area contributed by atoms with Crippen molar-refractivity contribution in [3.63, 3.8) is 0 Å². The van der Waals surface area contributed by atoms with Crippen LogP contribution in [0.2, 0.25) is 15.1 Å². The van der Waals surface area contributed by atoms with Crippen LogP contribution in [0.3, 0.4) is 0 Å². The van der Waals surface area contributed by atoms with Crippen molar-refractivity contribution in [1.82, 2.24) is 10.2 Å². The number of nitrogens with zero attached hydrogens (tertiary/aromatic N) is 2. The van der Waals surface area contributed by atoms with Gasteiger partial charge in [-0.05, 0) is 48.7 Å². The molecule has 1 N–H and O–H groups in total. The predicted molar refractivity (Wildman–Crippen MR) is 149 cm³/mol. The third-order valence-corrected chi connectivity index (χ3v) is 7.83. The summed E-state index contributed by atoms with van der Waals surface area (Å²) in [5, 5.41) is 3.72. The van der Waals surface area contributed by atoms with Gasteiger partial charge in [0.2, 0.25) is 21.8 Å². The van der Waals surface area contributed by atoms with E-state index in [1.807, 2.05) is 6.92 Å². The van der Waals surface area contributed by atoms with Gasteiger partial charge in [0.25, 0.3) is 0 Å². The molecule has 204 valence electrons. The summed E-state index contributed by atoms with van der Waals surface area (Å²) in [5.41, 5.74) is 0.831. The van der Waals surface area contributed by atoms with Crippen LogP contribution in [0.4, 0.5) is 5.69 Å². The summed E-state index contributed by atoms with van der Waals surface area (Å²) in [6, 6.07) is 8.51. The van der Waals surface area contributed by atoms with E-state index in [9.17, 15) is 18.0 Å². The van der Waals surface area contributed by atoms with Crippen LogP contribution in [0.25, 0.3) is 0 Å². The fourth-order valence-electron chi connectivity index (χ4n) is 3.68. The summed E-state index contributed by atoms with van der Waals surface area (Å²) in [5.74, 6) is -0.523. The van der Waals surface area contributed by atoms with Crippen LogP contribution in [-0.4, -0.2) is 57.6 Å². The van der Waals surface area contributed by atoms with Crippen molar-refractivity contribution in [2.75, 3.05) is 30.8 Å². The van der Waals surface area contributed by atoms with Crippen molar-refractivity contribution in [1.29, 1.82) is 0 Å². The highest BCUT2D eigenvalue weighted by Crippen LogP contribution is 2.30. The van der Waals surface area contributed by atoms with Gasteiger partial charge in [0.05, 0.1) is 34.1 Å². The minimum atomic E-state index is -3.89. The molecule has 0 aliphatic rings. The lowest BCUT2D eigenvalue weighted by molar-refractivity contribution is -0.140. The van der Waals surface area contributed by atoms with E-state index in [1.165, 1.54) is 30.2 Å². The highest BCUT2D eigenvalue weighted by molar-refractivity contribution is 7.92. The second-order valence-corrected chi connectivity index (χ2v) is 11.6. The highest BCUT2D eigenvalue weighted by Gasteiger charge is 2.32. The molecule has 0 aliphatic heterocycles. The van der Waals surface area contributed by atoms with Crippen LogP contribution < -0.4 is 14.4 Å². The molecule has 12 heteroatoms. The van der Waals surface area contributed by atoms with Crippen molar-refractivity contribution >= 4 is 62.3 Å². The van der Waals surface area contributed by atoms with Gasteiger partial charge in [-0.2, -0.15) is 0 Å². The summed E-state index contributed by atoms with van der Waals surface area (Å²) in [6.45, 7) is 3.75. The Morgan fingerprint density at radius 3 is 2.27 bits per heavy atom. The predicted octanol–water partition coefficient (Wildman–Crippen LogP) is 5.15. The lowest BCUT2D eigenvalue weighted by atomic mass is 10.1. The van der Waals surface area contributed by atoms with Gasteiger partial charge in [-0.25, -0.2) is 8.42 Å². The summed E-state index contributed by atoms with van der Waals surface area (Å²) in [7, 11) is -2.45. The number of rotatable bonds is 13. The minimum absolute atomic E-state index is 0.0242. The molecule has 0 aromatic heterocycles. The molecule has 0 saturated heterocycles. The van der Waals surface area contributed by atoms with E-state index in [2.05, 4.69) is 5.32 Å². The summed E-state index contributed by atoms with van der Waals surface area (Å²) >= 11 is 18.4. The van der Waals surface area contributed by atoms with E-state index in [0.29, 0.717) is 34.3 Å². The molecule has 2 amide bonds. The van der Waals surface area contributed by atoms with Crippen molar-refractivity contribution in [3.05, 3.63) is 57.0 Å². The first-order valence-corrected chi connectivity index (χ1v) is 14.7. The molecule has 0 fully saturated rings. The van der Waals surface area contributed by atoms with Crippen molar-refractivity contribution in [2.45, 2.75) is 45.7 Å². The zero-order chi connectivity index (χ0) is 27.8. The Bertz CT molecular complexity index is 1210. The Morgan fingerprint density at radius 2 is 1.73 bits per heavy atom. The number of unbranched alkanes of at least 4 members (excludes halogenated alkanes) is 1. The molecule has 1 atom stereocenters. The van der Waals surface area contributed by atoms with Crippen LogP contribution in [-0.2, 0) is 26.2 Å². The lowest BCUT2D eigenvalue weighted by Gasteiger charge is -2.33.